The highest BCUT2D eigenvalue weighted by Crippen LogP contribution is 2.23. The predicted molar refractivity (Wildman–Crippen MR) is 68.9 cm³/mol. The molecule has 116 valence electrons. The Kier molecular flexibility index (Phi) is 6.14. The Bertz CT molecular complexity index is 496. The summed E-state index contributed by atoms with van der Waals surface area (Å²) in [6.07, 6.45) is -4.11. The van der Waals surface area contributed by atoms with E-state index in [1.165, 1.54) is 0 Å². The Hall–Kier alpha value is -1.63. The molecule has 1 unspecified atom stereocenters. The summed E-state index contributed by atoms with van der Waals surface area (Å²) in [5.41, 5.74) is 0.448. The predicted octanol–water partition coefficient (Wildman–Crippen LogP) is 2.59. The van der Waals surface area contributed by atoms with Gasteiger partial charge in [0.05, 0.1) is 11.8 Å². The van der Waals surface area contributed by atoms with Crippen molar-refractivity contribution in [3.8, 4) is 0 Å². The second-order valence-corrected chi connectivity index (χ2v) is 4.46. The summed E-state index contributed by atoms with van der Waals surface area (Å²) in [5.74, 6) is -8.79. The minimum Gasteiger partial charge on any atom is -0.350 e. The van der Waals surface area contributed by atoms with E-state index in [1.54, 1.807) is 35.6 Å². The zero-order valence-electron chi connectivity index (χ0n) is 10.7. The first-order chi connectivity index (χ1) is 9.80. The van der Waals surface area contributed by atoms with Crippen molar-refractivity contribution in [1.29, 1.82) is 0 Å². The van der Waals surface area contributed by atoms with Crippen LogP contribution < -0.4 is 5.32 Å². The summed E-state index contributed by atoms with van der Waals surface area (Å²) in [7, 11) is 0. The number of halogens is 5. The zero-order chi connectivity index (χ0) is 16.0. The number of nitrogens with one attached hydrogen (secondary N) is 1. The van der Waals surface area contributed by atoms with Gasteiger partial charge in [-0.2, -0.15) is 8.78 Å². The smallest absolute Gasteiger partial charge is 0.350 e. The van der Waals surface area contributed by atoms with E-state index in [0.29, 0.717) is 5.56 Å². The third kappa shape index (κ3) is 4.42. The van der Waals surface area contributed by atoms with E-state index in [2.05, 4.69) is 0 Å². The third-order valence-electron chi connectivity index (χ3n) is 2.77. The van der Waals surface area contributed by atoms with Crippen molar-refractivity contribution in [1.82, 2.24) is 5.32 Å². The molecule has 0 fully saturated rings. The molecular formula is C13H12ClF4NO2. The zero-order valence-corrected chi connectivity index (χ0v) is 11.4. The van der Waals surface area contributed by atoms with E-state index >= 15 is 0 Å². The Morgan fingerprint density at radius 2 is 1.76 bits per heavy atom. The summed E-state index contributed by atoms with van der Waals surface area (Å²) in [6.45, 7) is -0.531. The fourth-order valence-electron chi connectivity index (χ4n) is 1.61. The summed E-state index contributed by atoms with van der Waals surface area (Å²) in [4.78, 5) is 22.8. The van der Waals surface area contributed by atoms with E-state index in [9.17, 15) is 27.2 Å². The van der Waals surface area contributed by atoms with Crippen molar-refractivity contribution in [3.63, 3.8) is 0 Å². The van der Waals surface area contributed by atoms with Gasteiger partial charge in [0.1, 0.15) is 0 Å². The highest BCUT2D eigenvalue weighted by molar-refractivity contribution is 6.28. The van der Waals surface area contributed by atoms with Gasteiger partial charge in [0, 0.05) is 6.54 Å². The number of carbonyl (C=O) groups is 2. The number of carbonyl (C=O) groups excluding carboxylic acids is 2. The Balaban J connectivity index is 2.81. The molecule has 0 radical (unpaired) electrons. The van der Waals surface area contributed by atoms with Crippen LogP contribution in [0.2, 0.25) is 0 Å². The second-order valence-electron chi connectivity index (χ2n) is 4.20. The molecule has 0 bridgehead atoms. The Morgan fingerprint density at radius 1 is 1.19 bits per heavy atom. The van der Waals surface area contributed by atoms with E-state index in [0.717, 1.165) is 0 Å². The van der Waals surface area contributed by atoms with Crippen LogP contribution >= 0.6 is 11.6 Å². The molecule has 1 aromatic rings. The standard InChI is InChI=1S/C13H12ClF4NO2/c14-6-10(20)9(8-4-2-1-3-5-8)7-19-12(21)13(17,18)11(15)16/h1-5,9,11H,6-7H2,(H,19,21). The van der Waals surface area contributed by atoms with Crippen molar-refractivity contribution in [3.05, 3.63) is 35.9 Å². The van der Waals surface area contributed by atoms with Crippen LogP contribution in [0, 0.1) is 0 Å². The van der Waals surface area contributed by atoms with Crippen LogP contribution in [0.1, 0.15) is 11.5 Å². The van der Waals surface area contributed by atoms with Crippen LogP contribution in [-0.2, 0) is 9.59 Å². The molecule has 0 saturated heterocycles. The van der Waals surface area contributed by atoms with Gasteiger partial charge in [-0.3, -0.25) is 9.59 Å². The SMILES string of the molecule is O=C(CCl)C(CNC(=O)C(F)(F)C(F)F)c1ccccc1. The van der Waals surface area contributed by atoms with Gasteiger partial charge < -0.3 is 5.32 Å². The summed E-state index contributed by atoms with van der Waals surface area (Å²) >= 11 is 5.42. The number of alkyl halides is 5. The van der Waals surface area contributed by atoms with Crippen molar-refractivity contribution in [2.45, 2.75) is 18.3 Å². The molecule has 0 saturated carbocycles. The largest absolute Gasteiger partial charge is 0.383 e. The van der Waals surface area contributed by atoms with Crippen LogP contribution in [-0.4, -0.2) is 36.5 Å². The van der Waals surface area contributed by atoms with Gasteiger partial charge in [-0.05, 0) is 5.56 Å². The average Bonchev–Trinajstić information content (AvgIpc) is 2.47. The van der Waals surface area contributed by atoms with E-state index < -0.39 is 36.5 Å². The number of rotatable bonds is 7. The average molecular weight is 326 g/mol. The van der Waals surface area contributed by atoms with E-state index in [1.807, 2.05) is 0 Å². The van der Waals surface area contributed by atoms with Gasteiger partial charge >= 0.3 is 12.3 Å². The lowest BCUT2D eigenvalue weighted by Gasteiger charge is -2.19. The Labute approximate surface area is 123 Å². The van der Waals surface area contributed by atoms with Crippen LogP contribution in [0.3, 0.4) is 0 Å². The van der Waals surface area contributed by atoms with Gasteiger partial charge in [-0.15, -0.1) is 11.6 Å². The number of hydrogen-bond acceptors (Lipinski definition) is 2. The maximum atomic E-state index is 12.8. The molecule has 1 N–H and O–H groups in total. The van der Waals surface area contributed by atoms with Gasteiger partial charge in [0.25, 0.3) is 5.91 Å². The van der Waals surface area contributed by atoms with Crippen LogP contribution in [0.5, 0.6) is 0 Å². The van der Waals surface area contributed by atoms with Crippen molar-refractivity contribution in [2.75, 3.05) is 12.4 Å². The van der Waals surface area contributed by atoms with Crippen molar-refractivity contribution < 1.29 is 27.2 Å². The van der Waals surface area contributed by atoms with E-state index in [-0.39, 0.29) is 5.88 Å². The molecule has 0 spiro atoms. The molecular weight excluding hydrogens is 314 g/mol. The second kappa shape index (κ2) is 7.40. The highest BCUT2D eigenvalue weighted by Gasteiger charge is 2.48. The maximum Gasteiger partial charge on any atom is 0.383 e. The van der Waals surface area contributed by atoms with Crippen LogP contribution in [0.15, 0.2) is 30.3 Å². The molecule has 1 amide bonds. The summed E-state index contributed by atoms with van der Waals surface area (Å²) in [6, 6.07) is 7.99. The van der Waals surface area contributed by atoms with Gasteiger partial charge in [0.2, 0.25) is 0 Å². The van der Waals surface area contributed by atoms with Crippen molar-refractivity contribution in [2.24, 2.45) is 0 Å². The van der Waals surface area contributed by atoms with Gasteiger partial charge in [-0.25, -0.2) is 8.78 Å². The molecule has 8 heteroatoms. The first-order valence-electron chi connectivity index (χ1n) is 5.88. The molecule has 0 aliphatic heterocycles. The molecule has 3 nitrogen and oxygen atoms in total. The molecule has 1 atom stereocenters. The van der Waals surface area contributed by atoms with Gasteiger partial charge in [-0.1, -0.05) is 30.3 Å². The van der Waals surface area contributed by atoms with Crippen molar-refractivity contribution >= 4 is 23.3 Å². The van der Waals surface area contributed by atoms with Gasteiger partial charge in [0.15, 0.2) is 5.78 Å². The Morgan fingerprint density at radius 3 is 2.24 bits per heavy atom. The number of benzene rings is 1. The quantitative estimate of drug-likeness (QED) is 0.619. The van der Waals surface area contributed by atoms with Crippen LogP contribution in [0.4, 0.5) is 17.6 Å². The number of amides is 1. The molecule has 1 rings (SSSR count). The number of hydrogen-bond donors (Lipinski definition) is 1. The fraction of sp³-hybridized carbons (Fsp3) is 0.385. The lowest BCUT2D eigenvalue weighted by Crippen LogP contribution is -2.47. The lowest BCUT2D eigenvalue weighted by atomic mass is 9.95. The monoisotopic (exact) mass is 325 g/mol. The third-order valence-corrected chi connectivity index (χ3v) is 3.03. The molecule has 0 aliphatic rings. The summed E-state index contributed by atoms with van der Waals surface area (Å²) in [5, 5.41) is 1.67. The number of Topliss-reactive ketones (excluding diaryl/α,β-unsaturated/α-hetero) is 1. The highest BCUT2D eigenvalue weighted by atomic mass is 35.5. The number of ketones is 1. The molecule has 0 heterocycles. The molecule has 0 aliphatic carbocycles. The minimum absolute atomic E-state index is 0.388. The fourth-order valence-corrected chi connectivity index (χ4v) is 1.79. The lowest BCUT2D eigenvalue weighted by molar-refractivity contribution is -0.169. The molecule has 1 aromatic carbocycles. The van der Waals surface area contributed by atoms with E-state index in [4.69, 9.17) is 11.6 Å². The first-order valence-corrected chi connectivity index (χ1v) is 6.42. The topological polar surface area (TPSA) is 46.2 Å². The molecule has 0 aromatic heterocycles. The summed E-state index contributed by atoms with van der Waals surface area (Å²) < 4.78 is 49.7. The minimum atomic E-state index is -4.80. The molecule has 21 heavy (non-hydrogen) atoms. The maximum absolute atomic E-state index is 12.8. The van der Waals surface area contributed by atoms with Crippen LogP contribution in [0.25, 0.3) is 0 Å². The normalized spacial score (nSPS) is 13.0. The first kappa shape index (κ1) is 17.4.